The number of aromatic nitrogens is 2. The van der Waals surface area contributed by atoms with Crippen LogP contribution in [0.25, 0.3) is 0 Å². The number of halogens is 2. The molecule has 1 fully saturated rings. The summed E-state index contributed by atoms with van der Waals surface area (Å²) in [5, 5.41) is 3.87. The molecule has 0 spiro atoms. The predicted octanol–water partition coefficient (Wildman–Crippen LogP) is 3.86. The van der Waals surface area contributed by atoms with Gasteiger partial charge >= 0.3 is 6.55 Å². The molecule has 1 heterocycles. The van der Waals surface area contributed by atoms with Gasteiger partial charge in [0.2, 0.25) is 5.91 Å². The van der Waals surface area contributed by atoms with Crippen LogP contribution in [0.2, 0.25) is 0 Å². The Morgan fingerprint density at radius 1 is 1.35 bits per heavy atom. The lowest BCUT2D eigenvalue weighted by molar-refractivity contribution is -0.134. The van der Waals surface area contributed by atoms with Gasteiger partial charge in [-0.3, -0.25) is 4.79 Å². The summed E-state index contributed by atoms with van der Waals surface area (Å²) in [6.07, 6.45) is 4.72. The van der Waals surface area contributed by atoms with Gasteiger partial charge in [0.05, 0.1) is 12.1 Å². The van der Waals surface area contributed by atoms with E-state index in [1.165, 1.54) is 6.42 Å². The SMILES string of the molecule is CCN(C(=O)Cc1c(C)nn(C(F)F)c1C)[C@@H]1CCCC[C@@H]1C. The van der Waals surface area contributed by atoms with Crippen LogP contribution in [0, 0.1) is 19.8 Å². The molecule has 0 aliphatic heterocycles. The van der Waals surface area contributed by atoms with E-state index in [-0.39, 0.29) is 18.4 Å². The third kappa shape index (κ3) is 3.72. The summed E-state index contributed by atoms with van der Waals surface area (Å²) < 4.78 is 26.6. The van der Waals surface area contributed by atoms with Gasteiger partial charge < -0.3 is 4.90 Å². The highest BCUT2D eigenvalue weighted by atomic mass is 19.3. The molecule has 4 nitrogen and oxygen atoms in total. The van der Waals surface area contributed by atoms with Gasteiger partial charge in [-0.2, -0.15) is 13.9 Å². The average molecular weight is 327 g/mol. The van der Waals surface area contributed by atoms with Crippen LogP contribution in [0.3, 0.4) is 0 Å². The Morgan fingerprint density at radius 3 is 2.52 bits per heavy atom. The van der Waals surface area contributed by atoms with E-state index < -0.39 is 6.55 Å². The zero-order valence-electron chi connectivity index (χ0n) is 14.5. The lowest BCUT2D eigenvalue weighted by atomic mass is 9.84. The van der Waals surface area contributed by atoms with Crippen molar-refractivity contribution in [1.29, 1.82) is 0 Å². The van der Waals surface area contributed by atoms with Crippen molar-refractivity contribution in [2.45, 2.75) is 72.4 Å². The van der Waals surface area contributed by atoms with E-state index in [0.29, 0.717) is 34.1 Å². The van der Waals surface area contributed by atoms with Crippen molar-refractivity contribution in [2.75, 3.05) is 6.54 Å². The van der Waals surface area contributed by atoms with Crippen LogP contribution in [-0.2, 0) is 11.2 Å². The second-order valence-corrected chi connectivity index (χ2v) is 6.56. The number of carbonyl (C=O) groups excluding carboxylic acids is 1. The van der Waals surface area contributed by atoms with Crippen molar-refractivity contribution < 1.29 is 13.6 Å². The number of alkyl halides is 2. The minimum absolute atomic E-state index is 0.0197. The number of likely N-dealkylation sites (N-methyl/N-ethyl adjacent to an activating group) is 1. The maximum atomic E-state index is 12.9. The predicted molar refractivity (Wildman–Crippen MR) is 85.5 cm³/mol. The molecule has 130 valence electrons. The van der Waals surface area contributed by atoms with Crippen LogP contribution < -0.4 is 0 Å². The standard InChI is InChI=1S/C17H27F2N3O/c1-5-21(15-9-7-6-8-11(15)2)16(23)10-14-12(3)20-22(13(14)4)17(18)19/h11,15,17H,5-10H2,1-4H3/t11-,15+/m0/s1. The summed E-state index contributed by atoms with van der Waals surface area (Å²) in [6.45, 7) is 5.47. The number of hydrogen-bond acceptors (Lipinski definition) is 2. The van der Waals surface area contributed by atoms with Crippen molar-refractivity contribution in [3.8, 4) is 0 Å². The van der Waals surface area contributed by atoms with Crippen LogP contribution >= 0.6 is 0 Å². The van der Waals surface area contributed by atoms with E-state index >= 15 is 0 Å². The van der Waals surface area contributed by atoms with Gasteiger partial charge in [-0.15, -0.1) is 0 Å². The quantitative estimate of drug-likeness (QED) is 0.823. The zero-order chi connectivity index (χ0) is 17.1. The van der Waals surface area contributed by atoms with Gasteiger partial charge in [0, 0.05) is 23.8 Å². The molecule has 1 aromatic rings. The Labute approximate surface area is 136 Å². The van der Waals surface area contributed by atoms with E-state index in [4.69, 9.17) is 0 Å². The summed E-state index contributed by atoms with van der Waals surface area (Å²) in [5.74, 6) is 0.518. The van der Waals surface area contributed by atoms with Crippen LogP contribution in [0.4, 0.5) is 8.78 Å². The molecule has 23 heavy (non-hydrogen) atoms. The summed E-state index contributed by atoms with van der Waals surface area (Å²) in [7, 11) is 0. The lowest BCUT2D eigenvalue weighted by Gasteiger charge is -2.38. The van der Waals surface area contributed by atoms with E-state index in [0.717, 1.165) is 19.3 Å². The second kappa shape index (κ2) is 7.41. The molecule has 0 saturated heterocycles. The first-order chi connectivity index (χ1) is 10.9. The Kier molecular flexibility index (Phi) is 5.76. The molecule has 2 atom stereocenters. The van der Waals surface area contributed by atoms with Crippen LogP contribution in [-0.4, -0.2) is 33.2 Å². The Morgan fingerprint density at radius 2 is 2.00 bits per heavy atom. The van der Waals surface area contributed by atoms with E-state index in [1.807, 2.05) is 11.8 Å². The van der Waals surface area contributed by atoms with E-state index in [9.17, 15) is 13.6 Å². The molecule has 0 aromatic carbocycles. The number of rotatable bonds is 5. The molecule has 1 saturated carbocycles. The molecular weight excluding hydrogens is 300 g/mol. The highest BCUT2D eigenvalue weighted by Crippen LogP contribution is 2.29. The van der Waals surface area contributed by atoms with Crippen LogP contribution in [0.1, 0.15) is 63.0 Å². The Hall–Kier alpha value is -1.46. The molecule has 0 radical (unpaired) electrons. The maximum Gasteiger partial charge on any atom is 0.333 e. The van der Waals surface area contributed by atoms with Gasteiger partial charge in [-0.05, 0) is 39.5 Å². The molecule has 1 aliphatic carbocycles. The molecule has 0 unspecified atom stereocenters. The summed E-state index contributed by atoms with van der Waals surface area (Å²) >= 11 is 0. The largest absolute Gasteiger partial charge is 0.339 e. The molecule has 1 aliphatic rings. The van der Waals surface area contributed by atoms with Gasteiger partial charge in [0.15, 0.2) is 0 Å². The highest BCUT2D eigenvalue weighted by molar-refractivity contribution is 5.79. The van der Waals surface area contributed by atoms with E-state index in [1.54, 1.807) is 13.8 Å². The van der Waals surface area contributed by atoms with Gasteiger partial charge in [-0.25, -0.2) is 4.68 Å². The molecule has 1 amide bonds. The zero-order valence-corrected chi connectivity index (χ0v) is 14.5. The minimum Gasteiger partial charge on any atom is -0.339 e. The normalized spacial score (nSPS) is 21.7. The van der Waals surface area contributed by atoms with Crippen LogP contribution in [0.5, 0.6) is 0 Å². The lowest BCUT2D eigenvalue weighted by Crippen LogP contribution is -2.45. The first-order valence-electron chi connectivity index (χ1n) is 8.49. The van der Waals surface area contributed by atoms with Crippen molar-refractivity contribution in [2.24, 2.45) is 5.92 Å². The highest BCUT2D eigenvalue weighted by Gasteiger charge is 2.30. The fraction of sp³-hybridized carbons (Fsp3) is 0.765. The number of carbonyl (C=O) groups is 1. The van der Waals surface area contributed by atoms with Crippen molar-refractivity contribution >= 4 is 5.91 Å². The smallest absolute Gasteiger partial charge is 0.333 e. The van der Waals surface area contributed by atoms with Crippen molar-refractivity contribution in [3.05, 3.63) is 17.0 Å². The number of aryl methyl sites for hydroxylation is 1. The van der Waals surface area contributed by atoms with Gasteiger partial charge in [0.1, 0.15) is 0 Å². The summed E-state index contributed by atoms with van der Waals surface area (Å²) in [4.78, 5) is 14.7. The molecule has 6 heteroatoms. The number of nitrogens with zero attached hydrogens (tertiary/aromatic N) is 3. The summed E-state index contributed by atoms with van der Waals surface area (Å²) in [5.41, 5.74) is 1.54. The first-order valence-corrected chi connectivity index (χ1v) is 8.49. The topological polar surface area (TPSA) is 38.1 Å². The Balaban J connectivity index is 2.17. The van der Waals surface area contributed by atoms with Gasteiger partial charge in [-0.1, -0.05) is 19.8 Å². The van der Waals surface area contributed by atoms with Crippen molar-refractivity contribution in [1.82, 2.24) is 14.7 Å². The Bertz CT molecular complexity index is 556. The maximum absolute atomic E-state index is 12.9. The number of amides is 1. The van der Waals surface area contributed by atoms with Gasteiger partial charge in [0.25, 0.3) is 0 Å². The average Bonchev–Trinajstić information content (AvgIpc) is 2.78. The molecule has 0 N–H and O–H groups in total. The van der Waals surface area contributed by atoms with Crippen LogP contribution in [0.15, 0.2) is 0 Å². The third-order valence-corrected chi connectivity index (χ3v) is 5.12. The number of hydrogen-bond donors (Lipinski definition) is 0. The second-order valence-electron chi connectivity index (χ2n) is 6.56. The van der Waals surface area contributed by atoms with Crippen molar-refractivity contribution in [3.63, 3.8) is 0 Å². The van der Waals surface area contributed by atoms with E-state index in [2.05, 4.69) is 12.0 Å². The monoisotopic (exact) mass is 327 g/mol. The fourth-order valence-electron chi connectivity index (χ4n) is 3.75. The first kappa shape index (κ1) is 17.9. The molecule has 2 rings (SSSR count). The molecule has 0 bridgehead atoms. The minimum atomic E-state index is -2.67. The molecular formula is C17H27F2N3O. The molecule has 1 aromatic heterocycles. The fourth-order valence-corrected chi connectivity index (χ4v) is 3.75. The third-order valence-electron chi connectivity index (χ3n) is 5.12. The summed E-state index contributed by atoms with van der Waals surface area (Å²) in [6, 6.07) is 0.270.